The number of hydrogen-bond donors (Lipinski definition) is 3. The van der Waals surface area contributed by atoms with Crippen LogP contribution in [0.5, 0.6) is 0 Å². The number of nitrogens with one attached hydrogen (secondary N) is 2. The van der Waals surface area contributed by atoms with E-state index in [4.69, 9.17) is 5.11 Å². The first kappa shape index (κ1) is 13.6. The number of aromatic carboxylic acids is 1. The van der Waals surface area contributed by atoms with Gasteiger partial charge in [-0.05, 0) is 18.2 Å². The molecule has 9 heteroatoms. The molecular formula is C12H9N3O4S2. The van der Waals surface area contributed by atoms with E-state index in [2.05, 4.69) is 14.9 Å². The van der Waals surface area contributed by atoms with Crippen LogP contribution in [0.25, 0.3) is 10.9 Å². The summed E-state index contributed by atoms with van der Waals surface area (Å²) in [5.41, 5.74) is 1.08. The molecule has 0 saturated heterocycles. The highest BCUT2D eigenvalue weighted by Gasteiger charge is 2.19. The molecular weight excluding hydrogens is 314 g/mol. The molecule has 0 aliphatic rings. The van der Waals surface area contributed by atoms with Crippen molar-refractivity contribution >= 4 is 43.9 Å². The highest BCUT2D eigenvalue weighted by molar-refractivity contribution is 7.92. The van der Waals surface area contributed by atoms with E-state index < -0.39 is 16.0 Å². The molecule has 0 saturated carbocycles. The van der Waals surface area contributed by atoms with Gasteiger partial charge in [0.2, 0.25) is 0 Å². The summed E-state index contributed by atoms with van der Waals surface area (Å²) >= 11 is 0.863. The van der Waals surface area contributed by atoms with E-state index in [1.54, 1.807) is 18.2 Å². The zero-order valence-corrected chi connectivity index (χ0v) is 12.0. The normalized spacial score (nSPS) is 11.6. The van der Waals surface area contributed by atoms with Crippen LogP contribution in [-0.4, -0.2) is 29.7 Å². The van der Waals surface area contributed by atoms with Crippen LogP contribution >= 0.6 is 11.3 Å². The summed E-state index contributed by atoms with van der Waals surface area (Å²) in [5.74, 6) is -1.15. The molecule has 3 aromatic rings. The largest absolute Gasteiger partial charge is 0.477 e. The van der Waals surface area contributed by atoms with Crippen molar-refractivity contribution in [3.05, 3.63) is 40.7 Å². The van der Waals surface area contributed by atoms with Crippen molar-refractivity contribution in [2.24, 2.45) is 0 Å². The van der Waals surface area contributed by atoms with Gasteiger partial charge >= 0.3 is 5.97 Å². The Bertz CT molecular complexity index is 927. The highest BCUT2D eigenvalue weighted by Crippen LogP contribution is 2.26. The van der Waals surface area contributed by atoms with Gasteiger partial charge in [0.1, 0.15) is 4.88 Å². The number of benzene rings is 1. The first-order valence-corrected chi connectivity index (χ1v) is 8.10. The Labute approximate surface area is 123 Å². The minimum atomic E-state index is -3.84. The van der Waals surface area contributed by atoms with Gasteiger partial charge in [0.25, 0.3) is 10.0 Å². The van der Waals surface area contributed by atoms with Gasteiger partial charge in [-0.3, -0.25) is 9.82 Å². The predicted octanol–water partition coefficient (Wildman–Crippen LogP) is 2.12. The molecule has 3 N–H and O–H groups in total. The predicted molar refractivity (Wildman–Crippen MR) is 78.2 cm³/mol. The topological polar surface area (TPSA) is 112 Å². The third kappa shape index (κ3) is 2.48. The Kier molecular flexibility index (Phi) is 3.15. The average Bonchev–Trinajstić information content (AvgIpc) is 3.08. The molecule has 7 nitrogen and oxygen atoms in total. The van der Waals surface area contributed by atoms with E-state index >= 15 is 0 Å². The van der Waals surface area contributed by atoms with Gasteiger partial charge < -0.3 is 5.11 Å². The van der Waals surface area contributed by atoms with Crippen LogP contribution in [-0.2, 0) is 10.0 Å². The first-order valence-electron chi connectivity index (χ1n) is 5.74. The lowest BCUT2D eigenvalue weighted by Gasteiger charge is -2.07. The molecule has 21 heavy (non-hydrogen) atoms. The van der Waals surface area contributed by atoms with Crippen molar-refractivity contribution < 1.29 is 18.3 Å². The van der Waals surface area contributed by atoms with E-state index in [9.17, 15) is 13.2 Å². The van der Waals surface area contributed by atoms with Crippen LogP contribution in [0.3, 0.4) is 0 Å². The molecule has 2 heterocycles. The second-order valence-electron chi connectivity index (χ2n) is 4.19. The van der Waals surface area contributed by atoms with Crippen molar-refractivity contribution in [3.63, 3.8) is 0 Å². The van der Waals surface area contributed by atoms with Crippen LogP contribution in [0, 0.1) is 0 Å². The van der Waals surface area contributed by atoms with Gasteiger partial charge in [0.15, 0.2) is 0 Å². The fourth-order valence-corrected chi connectivity index (χ4v) is 4.02. The van der Waals surface area contributed by atoms with E-state index in [-0.39, 0.29) is 9.77 Å². The second kappa shape index (κ2) is 4.86. The quantitative estimate of drug-likeness (QED) is 0.681. The number of H-pyrrole nitrogens is 1. The molecule has 2 aromatic heterocycles. The zero-order chi connectivity index (χ0) is 15.0. The van der Waals surface area contributed by atoms with Gasteiger partial charge in [-0.2, -0.15) is 5.10 Å². The van der Waals surface area contributed by atoms with Crippen LogP contribution in [0.2, 0.25) is 0 Å². The van der Waals surface area contributed by atoms with Gasteiger partial charge in [0.05, 0.1) is 22.3 Å². The number of rotatable bonds is 4. The minimum Gasteiger partial charge on any atom is -0.477 e. The minimum absolute atomic E-state index is 0.0307. The Balaban J connectivity index is 1.99. The summed E-state index contributed by atoms with van der Waals surface area (Å²) in [6.45, 7) is 0. The number of carboxylic acid groups (broad SMARTS) is 1. The molecule has 1 aromatic carbocycles. The van der Waals surface area contributed by atoms with Gasteiger partial charge in [-0.1, -0.05) is 6.07 Å². The van der Waals surface area contributed by atoms with E-state index in [1.807, 2.05) is 0 Å². The van der Waals surface area contributed by atoms with E-state index in [0.29, 0.717) is 16.6 Å². The number of fused-ring (bicyclic) bond motifs is 1. The number of anilines is 1. The van der Waals surface area contributed by atoms with Crippen LogP contribution in [0.15, 0.2) is 40.7 Å². The SMILES string of the molecule is O=C(O)c1cc(S(=O)(=O)Nc2cccc3[nH]ncc23)cs1. The lowest BCUT2D eigenvalue weighted by atomic mass is 10.2. The van der Waals surface area contributed by atoms with Crippen molar-refractivity contribution in [3.8, 4) is 0 Å². The Morgan fingerprint density at radius 1 is 1.38 bits per heavy atom. The van der Waals surface area contributed by atoms with Crippen LogP contribution in [0.4, 0.5) is 5.69 Å². The smallest absolute Gasteiger partial charge is 0.345 e. The fraction of sp³-hybridized carbons (Fsp3) is 0. The monoisotopic (exact) mass is 323 g/mol. The van der Waals surface area contributed by atoms with Crippen LogP contribution in [0.1, 0.15) is 9.67 Å². The lowest BCUT2D eigenvalue weighted by Crippen LogP contribution is -2.12. The van der Waals surface area contributed by atoms with E-state index in [1.165, 1.54) is 11.6 Å². The fourth-order valence-electron chi connectivity index (χ4n) is 1.83. The Morgan fingerprint density at radius 2 is 2.19 bits per heavy atom. The van der Waals surface area contributed by atoms with Crippen molar-refractivity contribution in [2.45, 2.75) is 4.90 Å². The summed E-state index contributed by atoms with van der Waals surface area (Å²) in [4.78, 5) is 10.7. The molecule has 0 aliphatic heterocycles. The first-order chi connectivity index (χ1) is 9.97. The number of aromatic nitrogens is 2. The summed E-state index contributed by atoms with van der Waals surface area (Å²) in [6, 6.07) is 6.20. The van der Waals surface area contributed by atoms with Gasteiger partial charge in [0, 0.05) is 10.8 Å². The number of aromatic amines is 1. The van der Waals surface area contributed by atoms with Gasteiger partial charge in [-0.15, -0.1) is 11.3 Å². The Morgan fingerprint density at radius 3 is 2.90 bits per heavy atom. The molecule has 108 valence electrons. The molecule has 0 radical (unpaired) electrons. The summed E-state index contributed by atoms with van der Waals surface area (Å²) in [7, 11) is -3.84. The molecule has 0 unspecified atom stereocenters. The third-order valence-electron chi connectivity index (χ3n) is 2.83. The third-order valence-corrected chi connectivity index (χ3v) is 5.24. The maximum absolute atomic E-state index is 12.3. The van der Waals surface area contributed by atoms with Crippen molar-refractivity contribution in [1.82, 2.24) is 10.2 Å². The van der Waals surface area contributed by atoms with Crippen molar-refractivity contribution in [2.75, 3.05) is 4.72 Å². The van der Waals surface area contributed by atoms with E-state index in [0.717, 1.165) is 17.4 Å². The second-order valence-corrected chi connectivity index (χ2v) is 6.79. The highest BCUT2D eigenvalue weighted by atomic mass is 32.2. The number of sulfonamides is 1. The molecule has 0 atom stereocenters. The number of hydrogen-bond acceptors (Lipinski definition) is 5. The van der Waals surface area contributed by atoms with Gasteiger partial charge in [-0.25, -0.2) is 13.2 Å². The zero-order valence-electron chi connectivity index (χ0n) is 10.4. The number of thiophene rings is 1. The summed E-state index contributed by atoms with van der Waals surface area (Å²) in [6.07, 6.45) is 1.52. The lowest BCUT2D eigenvalue weighted by molar-refractivity contribution is 0.0702. The standard InChI is InChI=1S/C12H9N3O4S2/c16-12(17)11-4-7(6-20-11)21(18,19)15-10-3-1-2-9-8(10)5-13-14-9/h1-6,15H,(H,13,14)(H,16,17). The maximum atomic E-state index is 12.3. The molecule has 0 aliphatic carbocycles. The number of carboxylic acids is 1. The maximum Gasteiger partial charge on any atom is 0.345 e. The molecule has 0 bridgehead atoms. The summed E-state index contributed by atoms with van der Waals surface area (Å²) in [5, 5.41) is 17.4. The van der Waals surface area contributed by atoms with Crippen molar-refractivity contribution in [1.29, 1.82) is 0 Å². The average molecular weight is 323 g/mol. The molecule has 0 amide bonds. The summed E-state index contributed by atoms with van der Waals surface area (Å²) < 4.78 is 27.0. The number of nitrogens with zero attached hydrogens (tertiary/aromatic N) is 1. The number of carbonyl (C=O) groups is 1. The molecule has 0 fully saturated rings. The molecule has 3 rings (SSSR count). The van der Waals surface area contributed by atoms with Crippen LogP contribution < -0.4 is 4.72 Å². The Hall–Kier alpha value is -2.39. The molecule has 0 spiro atoms.